The molecule has 0 saturated heterocycles. The summed E-state index contributed by atoms with van der Waals surface area (Å²) in [6.07, 6.45) is 4.32. The molecule has 1 aliphatic carbocycles. The first-order chi connectivity index (χ1) is 19.1. The zero-order chi connectivity index (χ0) is 30.3. The summed E-state index contributed by atoms with van der Waals surface area (Å²) in [4.78, 5) is 0. The third-order valence-electron chi connectivity index (χ3n) is 8.65. The van der Waals surface area contributed by atoms with Crippen LogP contribution < -0.4 is 14.2 Å². The van der Waals surface area contributed by atoms with Crippen molar-refractivity contribution in [1.82, 2.24) is 0 Å². The van der Waals surface area contributed by atoms with E-state index in [0.717, 1.165) is 49.4 Å². The van der Waals surface area contributed by atoms with Crippen LogP contribution in [0.15, 0.2) is 36.4 Å². The fourth-order valence-corrected chi connectivity index (χ4v) is 6.10. The second-order valence-corrected chi connectivity index (χ2v) is 14.9. The van der Waals surface area contributed by atoms with Crippen molar-refractivity contribution in [3.8, 4) is 17.2 Å². The second-order valence-electron chi connectivity index (χ2n) is 14.9. The van der Waals surface area contributed by atoms with Gasteiger partial charge in [0.25, 0.3) is 0 Å². The molecule has 0 unspecified atom stereocenters. The van der Waals surface area contributed by atoms with E-state index in [1.54, 1.807) is 0 Å². The molecule has 41 heavy (non-hydrogen) atoms. The summed E-state index contributed by atoms with van der Waals surface area (Å²) < 4.78 is 18.6. The Hall–Kier alpha value is -2.94. The summed E-state index contributed by atoms with van der Waals surface area (Å²) in [5.41, 5.74) is 11.6. The third-order valence-corrected chi connectivity index (χ3v) is 8.65. The molecular weight excluding hydrogens is 504 g/mol. The highest BCUT2D eigenvalue weighted by atomic mass is 16.5. The number of rotatable bonds is 3. The molecule has 4 rings (SSSR count). The zero-order valence-corrected chi connectivity index (χ0v) is 27.7. The van der Waals surface area contributed by atoms with Gasteiger partial charge in [0.15, 0.2) is 0 Å². The Labute approximate surface area is 249 Å². The lowest BCUT2D eigenvalue weighted by molar-refractivity contribution is 0.395. The smallest absolute Gasteiger partial charge is 0.125 e. The lowest BCUT2D eigenvalue weighted by atomic mass is 9.80. The molecule has 3 aromatic rings. The molecule has 0 atom stereocenters. The van der Waals surface area contributed by atoms with Gasteiger partial charge in [-0.05, 0) is 92.0 Å². The molecule has 1 aliphatic rings. The topological polar surface area (TPSA) is 27.7 Å². The fourth-order valence-electron chi connectivity index (χ4n) is 6.10. The maximum Gasteiger partial charge on any atom is 0.125 e. The standard InChI is InChI=1S/C38H52O3/c1-36(2,3)30-18-24-13-15-26-20-31(37(4,5)6)22-28(34(26)40-11)17-29-23-32(38(7,8)9)21-27(35(29)41-12)16-14-25(19-30)33(24)39-10/h18-23H,13-17H2,1-12H3. The van der Waals surface area contributed by atoms with Gasteiger partial charge in [0, 0.05) is 6.42 Å². The minimum absolute atomic E-state index is 0.0146. The van der Waals surface area contributed by atoms with Crippen LogP contribution in [0.25, 0.3) is 0 Å². The Bertz CT molecular complexity index is 1310. The van der Waals surface area contributed by atoms with Crippen LogP contribution in [0, 0.1) is 0 Å². The molecule has 6 bridgehead atoms. The summed E-state index contributed by atoms with van der Waals surface area (Å²) >= 11 is 0. The molecule has 3 heteroatoms. The molecule has 0 aromatic heterocycles. The maximum absolute atomic E-state index is 6.21. The molecule has 3 aromatic carbocycles. The Morgan fingerprint density at radius 2 is 0.610 bits per heavy atom. The van der Waals surface area contributed by atoms with Crippen LogP contribution >= 0.6 is 0 Å². The Kier molecular flexibility index (Phi) is 8.61. The predicted octanol–water partition coefficient (Wildman–Crippen LogP) is 9.08. The quantitative estimate of drug-likeness (QED) is 0.322. The van der Waals surface area contributed by atoms with E-state index in [0.29, 0.717) is 0 Å². The van der Waals surface area contributed by atoms with E-state index >= 15 is 0 Å². The number of fused-ring (bicyclic) bond motifs is 6. The van der Waals surface area contributed by atoms with E-state index < -0.39 is 0 Å². The lowest BCUT2D eigenvalue weighted by Crippen LogP contribution is -2.16. The maximum atomic E-state index is 6.21. The Balaban J connectivity index is 2.07. The van der Waals surface area contributed by atoms with Crippen LogP contribution in [0.4, 0.5) is 0 Å². The lowest BCUT2D eigenvalue weighted by Gasteiger charge is -2.27. The summed E-state index contributed by atoms with van der Waals surface area (Å²) in [5.74, 6) is 3.00. The van der Waals surface area contributed by atoms with Crippen LogP contribution in [0.2, 0.25) is 0 Å². The number of hydrogen-bond acceptors (Lipinski definition) is 3. The normalized spacial score (nSPS) is 14.3. The summed E-state index contributed by atoms with van der Waals surface area (Å²) in [7, 11) is 5.45. The molecule has 222 valence electrons. The highest BCUT2D eigenvalue weighted by molar-refractivity contribution is 5.55. The number of aryl methyl sites for hydroxylation is 4. The van der Waals surface area contributed by atoms with Gasteiger partial charge in [-0.3, -0.25) is 0 Å². The first-order valence-electron chi connectivity index (χ1n) is 15.2. The molecule has 0 spiro atoms. The molecule has 0 radical (unpaired) electrons. The van der Waals surface area contributed by atoms with E-state index in [1.807, 2.05) is 21.3 Å². The van der Waals surface area contributed by atoms with E-state index in [4.69, 9.17) is 14.2 Å². The average Bonchev–Trinajstić information content (AvgIpc) is 2.87. The summed E-state index contributed by atoms with van der Waals surface area (Å²) in [6.45, 7) is 20.6. The predicted molar refractivity (Wildman–Crippen MR) is 173 cm³/mol. The van der Waals surface area contributed by atoms with Crippen molar-refractivity contribution >= 4 is 0 Å². The molecule has 0 amide bonds. The van der Waals surface area contributed by atoms with Gasteiger partial charge in [0.2, 0.25) is 0 Å². The van der Waals surface area contributed by atoms with Crippen molar-refractivity contribution in [2.45, 2.75) is 111 Å². The molecule has 0 heterocycles. The van der Waals surface area contributed by atoms with Crippen LogP contribution in [-0.4, -0.2) is 21.3 Å². The van der Waals surface area contributed by atoms with Gasteiger partial charge in [-0.25, -0.2) is 0 Å². The molecule has 0 aliphatic heterocycles. The SMILES string of the molecule is COc1c2cc(C(C)(C)C)cc1CCc1cc(C(C)(C)C)cc(c1OC)Cc1cc(C(C)(C)C)cc(c1OC)CC2. The van der Waals surface area contributed by atoms with Crippen molar-refractivity contribution < 1.29 is 14.2 Å². The zero-order valence-electron chi connectivity index (χ0n) is 27.7. The highest BCUT2D eigenvalue weighted by Gasteiger charge is 2.26. The number of ether oxygens (including phenoxy) is 3. The van der Waals surface area contributed by atoms with Crippen LogP contribution in [0.1, 0.15) is 112 Å². The van der Waals surface area contributed by atoms with Crippen LogP contribution in [0.3, 0.4) is 0 Å². The van der Waals surface area contributed by atoms with Crippen LogP contribution in [-0.2, 0) is 48.3 Å². The van der Waals surface area contributed by atoms with E-state index in [-0.39, 0.29) is 16.2 Å². The van der Waals surface area contributed by atoms with Gasteiger partial charge >= 0.3 is 0 Å². The Morgan fingerprint density at radius 1 is 0.390 bits per heavy atom. The van der Waals surface area contributed by atoms with Gasteiger partial charge in [0.1, 0.15) is 17.2 Å². The van der Waals surface area contributed by atoms with Crippen LogP contribution in [0.5, 0.6) is 17.2 Å². The fraction of sp³-hybridized carbons (Fsp3) is 0.526. The van der Waals surface area contributed by atoms with Gasteiger partial charge in [-0.1, -0.05) is 98.7 Å². The number of methoxy groups -OCH3 is 3. The van der Waals surface area contributed by atoms with Gasteiger partial charge < -0.3 is 14.2 Å². The molecule has 0 fully saturated rings. The first kappa shape index (κ1) is 31.0. The van der Waals surface area contributed by atoms with Crippen molar-refractivity contribution in [1.29, 1.82) is 0 Å². The second kappa shape index (κ2) is 11.4. The first-order valence-corrected chi connectivity index (χ1v) is 15.2. The van der Waals surface area contributed by atoms with Crippen molar-refractivity contribution in [3.63, 3.8) is 0 Å². The average molecular weight is 557 g/mol. The minimum Gasteiger partial charge on any atom is -0.496 e. The van der Waals surface area contributed by atoms with Crippen molar-refractivity contribution in [2.24, 2.45) is 0 Å². The van der Waals surface area contributed by atoms with Crippen molar-refractivity contribution in [3.05, 3.63) is 86.5 Å². The number of benzene rings is 3. The minimum atomic E-state index is 0.0146. The summed E-state index contributed by atoms with van der Waals surface area (Å²) in [6, 6.07) is 14.2. The molecule has 0 N–H and O–H groups in total. The van der Waals surface area contributed by atoms with E-state index in [9.17, 15) is 0 Å². The van der Waals surface area contributed by atoms with Gasteiger partial charge in [-0.2, -0.15) is 0 Å². The van der Waals surface area contributed by atoms with E-state index in [2.05, 4.69) is 98.7 Å². The summed E-state index contributed by atoms with van der Waals surface area (Å²) in [5, 5.41) is 0. The van der Waals surface area contributed by atoms with Crippen molar-refractivity contribution in [2.75, 3.05) is 21.3 Å². The van der Waals surface area contributed by atoms with E-state index in [1.165, 1.54) is 50.1 Å². The monoisotopic (exact) mass is 556 g/mol. The van der Waals surface area contributed by atoms with Gasteiger partial charge in [-0.15, -0.1) is 0 Å². The Morgan fingerprint density at radius 3 is 0.829 bits per heavy atom. The third kappa shape index (κ3) is 6.60. The molecular formula is C38H52O3. The van der Waals surface area contributed by atoms with Gasteiger partial charge in [0.05, 0.1) is 21.3 Å². The number of hydrogen-bond donors (Lipinski definition) is 0. The molecule has 0 saturated carbocycles. The largest absolute Gasteiger partial charge is 0.496 e. The molecule has 3 nitrogen and oxygen atoms in total. The highest BCUT2D eigenvalue weighted by Crippen LogP contribution is 2.40.